The Kier molecular flexibility index (Phi) is 4.65. The van der Waals surface area contributed by atoms with Gasteiger partial charge in [0, 0.05) is 20.2 Å². The van der Waals surface area contributed by atoms with Crippen LogP contribution in [0.25, 0.3) is 0 Å². The number of hydrogen-bond acceptors (Lipinski definition) is 9. The van der Waals surface area contributed by atoms with Crippen molar-refractivity contribution in [3.63, 3.8) is 0 Å². The van der Waals surface area contributed by atoms with Crippen molar-refractivity contribution in [1.29, 1.82) is 0 Å². The maximum atomic E-state index is 12.5. The van der Waals surface area contributed by atoms with E-state index in [1.165, 1.54) is 18.9 Å². The van der Waals surface area contributed by atoms with Gasteiger partial charge >= 0.3 is 12.1 Å². The molecule has 4 aliphatic rings. The normalized spacial score (nSPS) is 25.9. The topological polar surface area (TPSA) is 94.1 Å². The van der Waals surface area contributed by atoms with Crippen molar-refractivity contribution in [1.82, 2.24) is 14.9 Å². The fourth-order valence-corrected chi connectivity index (χ4v) is 4.28. The Balaban J connectivity index is 1.59. The van der Waals surface area contributed by atoms with Crippen molar-refractivity contribution in [3.8, 4) is 0 Å². The molecule has 3 fully saturated rings. The van der Waals surface area contributed by atoms with Crippen molar-refractivity contribution in [3.05, 3.63) is 11.3 Å². The molecule has 0 aliphatic carbocycles. The molecular formula is C18H24N4O5S. The number of anilines is 1. The van der Waals surface area contributed by atoms with Crippen molar-refractivity contribution >= 4 is 29.6 Å². The third-order valence-electron chi connectivity index (χ3n) is 5.04. The number of fused-ring (bicyclic) bond motifs is 3. The lowest BCUT2D eigenvalue weighted by Gasteiger charge is -2.56. The lowest BCUT2D eigenvalue weighted by Crippen LogP contribution is -2.70. The molecule has 0 radical (unpaired) electrons. The van der Waals surface area contributed by atoms with Crippen LogP contribution >= 0.6 is 11.8 Å². The Labute approximate surface area is 167 Å². The largest absolute Gasteiger partial charge is 0.444 e. The van der Waals surface area contributed by atoms with Gasteiger partial charge in [0.2, 0.25) is 6.29 Å². The van der Waals surface area contributed by atoms with Crippen molar-refractivity contribution in [2.75, 3.05) is 31.4 Å². The highest BCUT2D eigenvalue weighted by Crippen LogP contribution is 2.41. The summed E-state index contributed by atoms with van der Waals surface area (Å²) in [7, 11) is 1.48. The van der Waals surface area contributed by atoms with Crippen LogP contribution in [0.3, 0.4) is 0 Å². The van der Waals surface area contributed by atoms with E-state index in [0.29, 0.717) is 29.6 Å². The minimum Gasteiger partial charge on any atom is -0.444 e. The van der Waals surface area contributed by atoms with E-state index in [-0.39, 0.29) is 23.9 Å². The molecule has 0 aromatic carbocycles. The number of cyclic esters (lactones) is 1. The fraction of sp³-hybridized carbons (Fsp3) is 0.667. The molecular weight excluding hydrogens is 384 g/mol. The minimum atomic E-state index is -0.811. The molecule has 0 saturated carbocycles. The third-order valence-corrected chi connectivity index (χ3v) is 5.59. The van der Waals surface area contributed by atoms with Crippen LogP contribution in [0.15, 0.2) is 5.16 Å². The van der Waals surface area contributed by atoms with Gasteiger partial charge in [0.15, 0.2) is 10.9 Å². The highest BCUT2D eigenvalue weighted by atomic mass is 32.2. The summed E-state index contributed by atoms with van der Waals surface area (Å²) in [4.78, 5) is 37.5. The molecule has 3 atom stereocenters. The monoisotopic (exact) mass is 408 g/mol. The third kappa shape index (κ3) is 3.18. The number of methoxy groups -OCH3 is 1. The Morgan fingerprint density at radius 3 is 2.50 bits per heavy atom. The Morgan fingerprint density at radius 1 is 1.25 bits per heavy atom. The highest BCUT2D eigenvalue weighted by molar-refractivity contribution is 7.98. The number of piperidine rings is 1. The predicted molar refractivity (Wildman–Crippen MR) is 101 cm³/mol. The molecule has 28 heavy (non-hydrogen) atoms. The summed E-state index contributed by atoms with van der Waals surface area (Å²) in [5, 5.41) is 0.505. The van der Waals surface area contributed by atoms with Gasteiger partial charge in [-0.2, -0.15) is 0 Å². The molecule has 1 aromatic heterocycles. The maximum absolute atomic E-state index is 12.5. The van der Waals surface area contributed by atoms with Gasteiger partial charge in [0.05, 0.1) is 17.6 Å². The predicted octanol–water partition coefficient (Wildman–Crippen LogP) is 2.21. The number of aromatic nitrogens is 2. The summed E-state index contributed by atoms with van der Waals surface area (Å²) in [5.74, 6) is 0.143. The van der Waals surface area contributed by atoms with E-state index < -0.39 is 17.9 Å². The van der Waals surface area contributed by atoms with Crippen LogP contribution in [0.2, 0.25) is 0 Å². The standard InChI is InChI=1S/C18H24N4O5S/c1-18(2,3)27-17(24)22-9-6-10(22)8-21(7-9)13-11-12(19-16(20-13)28-5)14(23)26-15(11)25-4/h9-10,15H,6-8H2,1-5H3. The quantitative estimate of drug-likeness (QED) is 0.424. The highest BCUT2D eigenvalue weighted by Gasteiger charge is 2.50. The number of esters is 1. The van der Waals surface area contributed by atoms with Crippen LogP contribution in [0.1, 0.15) is 49.5 Å². The number of rotatable bonds is 3. The van der Waals surface area contributed by atoms with E-state index in [4.69, 9.17) is 14.2 Å². The van der Waals surface area contributed by atoms with Crippen molar-refractivity contribution in [2.24, 2.45) is 0 Å². The number of hydrogen-bond donors (Lipinski definition) is 0. The molecule has 4 aliphatic heterocycles. The lowest BCUT2D eigenvalue weighted by molar-refractivity contribution is -0.0817. The van der Waals surface area contributed by atoms with Crippen LogP contribution in [-0.2, 0) is 14.2 Å². The van der Waals surface area contributed by atoms with Gasteiger partial charge in [-0.25, -0.2) is 19.6 Å². The summed E-state index contributed by atoms with van der Waals surface area (Å²) >= 11 is 1.37. The molecule has 152 valence electrons. The first-order chi connectivity index (χ1) is 13.2. The fourth-order valence-electron chi connectivity index (χ4n) is 3.92. The van der Waals surface area contributed by atoms with Gasteiger partial charge in [-0.1, -0.05) is 11.8 Å². The zero-order chi connectivity index (χ0) is 20.2. The van der Waals surface area contributed by atoms with E-state index in [9.17, 15) is 9.59 Å². The van der Waals surface area contributed by atoms with Crippen LogP contribution < -0.4 is 4.90 Å². The van der Waals surface area contributed by atoms with Crippen LogP contribution in [0.4, 0.5) is 10.6 Å². The second-order valence-corrected chi connectivity index (χ2v) is 8.88. The van der Waals surface area contributed by atoms with E-state index in [0.717, 1.165) is 6.42 Å². The molecule has 9 nitrogen and oxygen atoms in total. The molecule has 0 N–H and O–H groups in total. The van der Waals surface area contributed by atoms with Crippen LogP contribution in [0.5, 0.6) is 0 Å². The average molecular weight is 408 g/mol. The zero-order valence-corrected chi connectivity index (χ0v) is 17.4. The van der Waals surface area contributed by atoms with E-state index in [1.54, 1.807) is 0 Å². The zero-order valence-electron chi connectivity index (χ0n) is 16.6. The van der Waals surface area contributed by atoms with Gasteiger partial charge in [-0.15, -0.1) is 0 Å². The van der Waals surface area contributed by atoms with Crippen LogP contribution in [-0.4, -0.2) is 71.1 Å². The smallest absolute Gasteiger partial charge is 0.410 e. The Hall–Kier alpha value is -2.07. The Bertz CT molecular complexity index is 815. The summed E-state index contributed by atoms with van der Waals surface area (Å²) in [5.41, 5.74) is 0.296. The summed E-state index contributed by atoms with van der Waals surface area (Å²) in [6, 6.07) is 0.104. The molecule has 5 rings (SSSR count). The molecule has 1 amide bonds. The summed E-state index contributed by atoms with van der Waals surface area (Å²) in [6.45, 7) is 6.81. The Morgan fingerprint density at radius 2 is 1.93 bits per heavy atom. The second kappa shape index (κ2) is 6.77. The van der Waals surface area contributed by atoms with E-state index in [1.807, 2.05) is 31.9 Å². The SMILES string of the molecule is COC1OC(=O)c2nc(SC)nc(N3CC4CC(C3)N4C(=O)OC(C)(C)C)c21. The number of ether oxygens (including phenoxy) is 3. The summed E-state index contributed by atoms with van der Waals surface area (Å²) < 4.78 is 16.1. The minimum absolute atomic E-state index is 0.0518. The lowest BCUT2D eigenvalue weighted by atomic mass is 9.87. The summed E-state index contributed by atoms with van der Waals surface area (Å²) in [6.07, 6.45) is 1.70. The van der Waals surface area contributed by atoms with Crippen LogP contribution in [0, 0.1) is 0 Å². The number of carbonyl (C=O) groups excluding carboxylic acids is 2. The second-order valence-electron chi connectivity index (χ2n) is 8.11. The molecule has 0 spiro atoms. The molecule has 3 unspecified atom stereocenters. The molecule has 3 saturated heterocycles. The van der Waals surface area contributed by atoms with E-state index >= 15 is 0 Å². The van der Waals surface area contributed by atoms with Gasteiger partial charge in [0.1, 0.15) is 11.4 Å². The van der Waals surface area contributed by atoms with Crippen molar-refractivity contribution < 1.29 is 23.8 Å². The van der Waals surface area contributed by atoms with Gasteiger partial charge < -0.3 is 19.1 Å². The number of nitrogens with zero attached hydrogens (tertiary/aromatic N) is 4. The van der Waals surface area contributed by atoms with Gasteiger partial charge in [0.25, 0.3) is 0 Å². The number of amides is 1. The first-order valence-corrected chi connectivity index (χ1v) is 10.4. The van der Waals surface area contributed by atoms with Gasteiger partial charge in [-0.3, -0.25) is 4.90 Å². The van der Waals surface area contributed by atoms with Gasteiger partial charge in [-0.05, 0) is 33.4 Å². The molecule has 1 aromatic rings. The molecule has 10 heteroatoms. The van der Waals surface area contributed by atoms with Crippen molar-refractivity contribution in [2.45, 2.75) is 56.3 Å². The molecule has 5 heterocycles. The number of carbonyl (C=O) groups is 2. The molecule has 2 bridgehead atoms. The average Bonchev–Trinajstić information content (AvgIpc) is 2.95. The number of piperazine rings is 1. The first-order valence-electron chi connectivity index (χ1n) is 9.17. The maximum Gasteiger partial charge on any atom is 0.410 e. The van der Waals surface area contributed by atoms with E-state index in [2.05, 4.69) is 14.9 Å². The first kappa shape index (κ1) is 19.3. The number of thioether (sulfide) groups is 1.